The van der Waals surface area contributed by atoms with Crippen molar-refractivity contribution < 1.29 is 24.4 Å². The van der Waals surface area contributed by atoms with Crippen LogP contribution in [0.1, 0.15) is 11.7 Å². The molecule has 1 heterocycles. The van der Waals surface area contributed by atoms with Gasteiger partial charge in [-0.3, -0.25) is 0 Å². The summed E-state index contributed by atoms with van der Waals surface area (Å²) in [6.07, 6.45) is -0.977. The topological polar surface area (TPSA) is 68.2 Å². The number of hydrogen-bond acceptors (Lipinski definition) is 5. The van der Waals surface area contributed by atoms with E-state index in [1.807, 2.05) is 0 Å². The first-order chi connectivity index (χ1) is 7.26. The van der Waals surface area contributed by atoms with E-state index < -0.39 is 6.10 Å². The smallest absolute Gasteiger partial charge is 0.231 e. The first-order valence-corrected chi connectivity index (χ1v) is 4.52. The van der Waals surface area contributed by atoms with Gasteiger partial charge in [0.2, 0.25) is 6.79 Å². The number of methoxy groups -OCH3 is 1. The Morgan fingerprint density at radius 1 is 1.40 bits per heavy atom. The van der Waals surface area contributed by atoms with Crippen molar-refractivity contribution in [1.29, 1.82) is 0 Å². The highest BCUT2D eigenvalue weighted by Gasteiger charge is 2.21. The van der Waals surface area contributed by atoms with Crippen molar-refractivity contribution in [2.45, 2.75) is 6.10 Å². The van der Waals surface area contributed by atoms with Gasteiger partial charge in [-0.1, -0.05) is 0 Å². The quantitative estimate of drug-likeness (QED) is 0.761. The minimum atomic E-state index is -0.977. The summed E-state index contributed by atoms with van der Waals surface area (Å²) in [5.41, 5.74) is 0.490. The van der Waals surface area contributed by atoms with Crippen molar-refractivity contribution in [3.8, 4) is 17.2 Å². The maximum absolute atomic E-state index is 9.55. The molecule has 1 aliphatic rings. The number of rotatable bonds is 3. The number of fused-ring (bicyclic) bond motifs is 1. The van der Waals surface area contributed by atoms with Gasteiger partial charge in [-0.05, 0) is 6.07 Å². The molecule has 2 N–H and O–H groups in total. The lowest BCUT2D eigenvalue weighted by Gasteiger charge is -2.13. The Balaban J connectivity index is 2.44. The Kier molecular flexibility index (Phi) is 2.66. The summed E-state index contributed by atoms with van der Waals surface area (Å²) in [5, 5.41) is 18.4. The number of benzene rings is 1. The van der Waals surface area contributed by atoms with Crippen molar-refractivity contribution >= 4 is 0 Å². The highest BCUT2D eigenvalue weighted by atomic mass is 16.7. The van der Waals surface area contributed by atoms with E-state index in [1.165, 1.54) is 7.11 Å². The summed E-state index contributed by atoms with van der Waals surface area (Å²) in [5.74, 6) is 1.61. The molecule has 0 radical (unpaired) electrons. The fourth-order valence-electron chi connectivity index (χ4n) is 1.47. The molecule has 1 aromatic rings. The molecule has 15 heavy (non-hydrogen) atoms. The van der Waals surface area contributed by atoms with E-state index in [0.29, 0.717) is 22.8 Å². The molecule has 0 amide bonds. The van der Waals surface area contributed by atoms with Gasteiger partial charge in [-0.15, -0.1) is 0 Å². The number of hydrogen-bond donors (Lipinski definition) is 2. The normalized spacial score (nSPS) is 15.1. The van der Waals surface area contributed by atoms with E-state index >= 15 is 0 Å². The lowest BCUT2D eigenvalue weighted by Crippen LogP contribution is -2.04. The van der Waals surface area contributed by atoms with Crippen LogP contribution in [-0.4, -0.2) is 30.7 Å². The van der Waals surface area contributed by atoms with Gasteiger partial charge in [0.15, 0.2) is 11.5 Å². The van der Waals surface area contributed by atoms with Gasteiger partial charge >= 0.3 is 0 Å². The summed E-state index contributed by atoms with van der Waals surface area (Å²) in [6.45, 7) is -0.201. The van der Waals surface area contributed by atoms with E-state index in [2.05, 4.69) is 0 Å². The van der Waals surface area contributed by atoms with Gasteiger partial charge < -0.3 is 24.4 Å². The molecular formula is C10H12O5. The first kappa shape index (κ1) is 10.1. The molecule has 2 rings (SSSR count). The molecule has 1 atom stereocenters. The number of aliphatic hydroxyl groups is 2. The Morgan fingerprint density at radius 3 is 2.67 bits per heavy atom. The largest absolute Gasteiger partial charge is 0.496 e. The van der Waals surface area contributed by atoms with Crippen LogP contribution in [0.3, 0.4) is 0 Å². The third-order valence-electron chi connectivity index (χ3n) is 2.26. The number of aliphatic hydroxyl groups excluding tert-OH is 2. The van der Waals surface area contributed by atoms with Crippen LogP contribution < -0.4 is 14.2 Å². The van der Waals surface area contributed by atoms with E-state index in [9.17, 15) is 5.11 Å². The third-order valence-corrected chi connectivity index (χ3v) is 2.26. The van der Waals surface area contributed by atoms with E-state index in [4.69, 9.17) is 19.3 Å². The zero-order valence-corrected chi connectivity index (χ0v) is 8.27. The molecule has 5 heteroatoms. The minimum Gasteiger partial charge on any atom is -0.496 e. The molecule has 0 fully saturated rings. The van der Waals surface area contributed by atoms with Gasteiger partial charge in [-0.2, -0.15) is 0 Å². The average Bonchev–Trinajstić information content (AvgIpc) is 2.73. The Bertz CT molecular complexity index is 363. The minimum absolute atomic E-state index is 0.164. The van der Waals surface area contributed by atoms with E-state index in [-0.39, 0.29) is 13.4 Å². The summed E-state index contributed by atoms with van der Waals surface area (Å²) in [6, 6.07) is 3.25. The maximum Gasteiger partial charge on any atom is 0.231 e. The van der Waals surface area contributed by atoms with Gasteiger partial charge in [0.25, 0.3) is 0 Å². The molecule has 0 bridgehead atoms. The fraction of sp³-hybridized carbons (Fsp3) is 0.400. The molecule has 1 aliphatic heterocycles. The van der Waals surface area contributed by atoms with Crippen molar-refractivity contribution in [1.82, 2.24) is 0 Å². The summed E-state index contributed by atoms with van der Waals surface area (Å²) in [7, 11) is 1.49. The number of ether oxygens (including phenoxy) is 3. The second-order valence-electron chi connectivity index (χ2n) is 3.15. The van der Waals surface area contributed by atoms with Gasteiger partial charge in [0.05, 0.1) is 13.7 Å². The van der Waals surface area contributed by atoms with Crippen LogP contribution in [0.5, 0.6) is 17.2 Å². The molecule has 0 aliphatic carbocycles. The fourth-order valence-corrected chi connectivity index (χ4v) is 1.47. The third kappa shape index (κ3) is 1.71. The van der Waals surface area contributed by atoms with Crippen LogP contribution in [0, 0.1) is 0 Å². The van der Waals surface area contributed by atoms with Crippen molar-refractivity contribution in [2.24, 2.45) is 0 Å². The van der Waals surface area contributed by atoms with Crippen LogP contribution in [0.25, 0.3) is 0 Å². The monoisotopic (exact) mass is 212 g/mol. The lowest BCUT2D eigenvalue weighted by molar-refractivity contribution is 0.0931. The molecule has 0 spiro atoms. The zero-order chi connectivity index (χ0) is 10.8. The maximum atomic E-state index is 9.55. The molecule has 1 unspecified atom stereocenters. The van der Waals surface area contributed by atoms with Gasteiger partial charge in [0, 0.05) is 11.6 Å². The molecule has 0 saturated heterocycles. The van der Waals surface area contributed by atoms with Gasteiger partial charge in [-0.25, -0.2) is 0 Å². The first-order valence-electron chi connectivity index (χ1n) is 4.52. The SMILES string of the molecule is COc1cc2c(cc1C(O)CO)OCO2. The highest BCUT2D eigenvalue weighted by Crippen LogP contribution is 2.40. The van der Waals surface area contributed by atoms with Crippen LogP contribution in [0.15, 0.2) is 12.1 Å². The van der Waals surface area contributed by atoms with Crippen molar-refractivity contribution in [3.05, 3.63) is 17.7 Å². The summed E-state index contributed by atoms with van der Waals surface area (Å²) < 4.78 is 15.4. The van der Waals surface area contributed by atoms with Crippen LogP contribution in [0.4, 0.5) is 0 Å². The zero-order valence-electron chi connectivity index (χ0n) is 8.27. The molecule has 0 saturated carbocycles. The second-order valence-corrected chi connectivity index (χ2v) is 3.15. The van der Waals surface area contributed by atoms with Crippen molar-refractivity contribution in [3.63, 3.8) is 0 Å². The molecule has 1 aromatic carbocycles. The molecule has 0 aromatic heterocycles. The van der Waals surface area contributed by atoms with E-state index in [1.54, 1.807) is 12.1 Å². The molecule has 82 valence electrons. The standard InChI is InChI=1S/C10H12O5/c1-13-8-3-10-9(14-5-15-10)2-6(8)7(12)4-11/h2-3,7,11-12H,4-5H2,1H3. The molecule has 5 nitrogen and oxygen atoms in total. The summed E-state index contributed by atoms with van der Waals surface area (Å²) >= 11 is 0. The highest BCUT2D eigenvalue weighted by molar-refractivity contribution is 5.52. The summed E-state index contributed by atoms with van der Waals surface area (Å²) in [4.78, 5) is 0. The predicted molar refractivity (Wildman–Crippen MR) is 51.2 cm³/mol. The van der Waals surface area contributed by atoms with Crippen LogP contribution in [0.2, 0.25) is 0 Å². The van der Waals surface area contributed by atoms with Crippen LogP contribution >= 0.6 is 0 Å². The Hall–Kier alpha value is -1.46. The predicted octanol–water partition coefficient (Wildman–Crippen LogP) is 0.450. The average molecular weight is 212 g/mol. The molecular weight excluding hydrogens is 200 g/mol. The van der Waals surface area contributed by atoms with Crippen molar-refractivity contribution in [2.75, 3.05) is 20.5 Å². The van der Waals surface area contributed by atoms with Gasteiger partial charge in [0.1, 0.15) is 11.9 Å². The van der Waals surface area contributed by atoms with Crippen LogP contribution in [-0.2, 0) is 0 Å². The second kappa shape index (κ2) is 3.96. The Morgan fingerprint density at radius 2 is 2.07 bits per heavy atom. The Labute approximate surface area is 86.8 Å². The lowest BCUT2D eigenvalue weighted by atomic mass is 10.1. The van der Waals surface area contributed by atoms with E-state index in [0.717, 1.165) is 0 Å².